The highest BCUT2D eigenvalue weighted by Crippen LogP contribution is 2.53. The Kier molecular flexibility index (Phi) is 3.71. The van der Waals surface area contributed by atoms with Crippen LogP contribution in [0.4, 0.5) is 0 Å². The maximum atomic E-state index is 13.0. The number of rotatable bonds is 2. The second-order valence-corrected chi connectivity index (χ2v) is 7.60. The first-order valence-corrected chi connectivity index (χ1v) is 10.1. The van der Waals surface area contributed by atoms with Gasteiger partial charge in [0.05, 0.1) is 23.6 Å². The summed E-state index contributed by atoms with van der Waals surface area (Å²) in [6.45, 7) is 0. The molecular weight excluding hydrogens is 388 g/mol. The first-order chi connectivity index (χ1) is 15.2. The van der Waals surface area contributed by atoms with Gasteiger partial charge in [-0.3, -0.25) is 4.79 Å². The molecule has 0 N–H and O–H groups in total. The summed E-state index contributed by atoms with van der Waals surface area (Å²) < 4.78 is 18.9. The molecule has 4 aromatic rings. The summed E-state index contributed by atoms with van der Waals surface area (Å²) >= 11 is 0. The lowest BCUT2D eigenvalue weighted by Crippen LogP contribution is -2.45. The van der Waals surface area contributed by atoms with E-state index in [4.69, 9.17) is 14.2 Å². The summed E-state index contributed by atoms with van der Waals surface area (Å²) in [6, 6.07) is 26.9. The third-order valence-corrected chi connectivity index (χ3v) is 5.91. The molecule has 0 saturated carbocycles. The highest BCUT2D eigenvalue weighted by atomic mass is 16.7. The fourth-order valence-corrected chi connectivity index (χ4v) is 4.54. The predicted octanol–water partition coefficient (Wildman–Crippen LogP) is 5.75. The van der Waals surface area contributed by atoms with Gasteiger partial charge in [0, 0.05) is 10.9 Å². The molecule has 1 heterocycles. The second-order valence-electron chi connectivity index (χ2n) is 7.60. The van der Waals surface area contributed by atoms with Crippen LogP contribution in [0.25, 0.3) is 16.3 Å². The molecular formula is C27H18O4. The minimum Gasteiger partial charge on any atom is -0.496 e. The number of carbonyl (C=O) groups excluding carboxylic acids is 1. The van der Waals surface area contributed by atoms with Crippen molar-refractivity contribution in [3.8, 4) is 17.2 Å². The molecule has 1 aliphatic heterocycles. The molecule has 2 aliphatic rings. The third kappa shape index (κ3) is 2.45. The number of fused-ring (bicyclic) bond motifs is 2. The van der Waals surface area contributed by atoms with Gasteiger partial charge in [0.15, 0.2) is 5.78 Å². The summed E-state index contributed by atoms with van der Waals surface area (Å²) in [5, 5.41) is 1.77. The van der Waals surface area contributed by atoms with Gasteiger partial charge in [-0.15, -0.1) is 0 Å². The summed E-state index contributed by atoms with van der Waals surface area (Å²) in [5.74, 6) is 0.780. The minimum absolute atomic E-state index is 0.0639. The SMILES string of the molecule is COc1ccc2c3c(cccc13)OC1(O2)C(c2ccccc2)=CC(=O)c2ccccc21. The van der Waals surface area contributed by atoms with Crippen LogP contribution < -0.4 is 14.2 Å². The second kappa shape index (κ2) is 6.47. The van der Waals surface area contributed by atoms with E-state index in [1.54, 1.807) is 13.2 Å². The number of ether oxygens (including phenoxy) is 3. The standard InChI is InChI=1S/C27H18O4/c1-29-23-14-15-25-26-19(23)11-7-13-24(26)30-27(31-25)20-12-6-5-10-18(20)22(28)16-21(27)17-8-3-2-4-9-17/h2-16H,1H3. The molecule has 150 valence electrons. The van der Waals surface area contributed by atoms with Gasteiger partial charge in [-0.25, -0.2) is 0 Å². The largest absolute Gasteiger partial charge is 0.496 e. The molecule has 1 aliphatic carbocycles. The Morgan fingerprint density at radius 1 is 0.774 bits per heavy atom. The van der Waals surface area contributed by atoms with Gasteiger partial charge in [-0.1, -0.05) is 66.7 Å². The first kappa shape index (κ1) is 17.8. The molecule has 0 radical (unpaired) electrons. The van der Waals surface area contributed by atoms with Crippen LogP contribution >= 0.6 is 0 Å². The van der Waals surface area contributed by atoms with Crippen LogP contribution in [0.2, 0.25) is 0 Å². The zero-order valence-electron chi connectivity index (χ0n) is 16.8. The van der Waals surface area contributed by atoms with Crippen molar-refractivity contribution in [1.29, 1.82) is 0 Å². The lowest BCUT2D eigenvalue weighted by atomic mass is 9.81. The molecule has 0 fully saturated rings. The van der Waals surface area contributed by atoms with Crippen molar-refractivity contribution in [1.82, 2.24) is 0 Å². The van der Waals surface area contributed by atoms with Gasteiger partial charge in [0.1, 0.15) is 17.2 Å². The Balaban J connectivity index is 1.65. The van der Waals surface area contributed by atoms with Crippen molar-refractivity contribution < 1.29 is 19.0 Å². The normalized spacial score (nSPS) is 18.7. The Morgan fingerprint density at radius 3 is 2.32 bits per heavy atom. The Morgan fingerprint density at radius 2 is 1.52 bits per heavy atom. The molecule has 1 spiro atoms. The van der Waals surface area contributed by atoms with Crippen LogP contribution in [0, 0.1) is 0 Å². The minimum atomic E-state index is -1.28. The molecule has 31 heavy (non-hydrogen) atoms. The van der Waals surface area contributed by atoms with Gasteiger partial charge >= 0.3 is 5.79 Å². The van der Waals surface area contributed by atoms with E-state index in [0.29, 0.717) is 28.2 Å². The van der Waals surface area contributed by atoms with E-state index >= 15 is 0 Å². The van der Waals surface area contributed by atoms with E-state index in [2.05, 4.69) is 0 Å². The average molecular weight is 406 g/mol. The van der Waals surface area contributed by atoms with Crippen LogP contribution in [-0.2, 0) is 5.79 Å². The van der Waals surface area contributed by atoms with Crippen LogP contribution in [-0.4, -0.2) is 12.9 Å². The summed E-state index contributed by atoms with van der Waals surface area (Å²) in [4.78, 5) is 13.0. The lowest BCUT2D eigenvalue weighted by molar-refractivity contribution is -0.0739. The van der Waals surface area contributed by atoms with Gasteiger partial charge in [-0.05, 0) is 29.8 Å². The van der Waals surface area contributed by atoms with Crippen LogP contribution in [0.5, 0.6) is 17.2 Å². The number of methoxy groups -OCH3 is 1. The molecule has 4 heteroatoms. The Bertz CT molecular complexity index is 1370. The van der Waals surface area contributed by atoms with Gasteiger partial charge in [0.25, 0.3) is 0 Å². The lowest BCUT2D eigenvalue weighted by Gasteiger charge is -2.42. The molecule has 0 bridgehead atoms. The van der Waals surface area contributed by atoms with Crippen molar-refractivity contribution in [2.24, 2.45) is 0 Å². The van der Waals surface area contributed by atoms with E-state index in [-0.39, 0.29) is 5.78 Å². The van der Waals surface area contributed by atoms with Crippen LogP contribution in [0.1, 0.15) is 21.5 Å². The van der Waals surface area contributed by atoms with Crippen molar-refractivity contribution >= 4 is 22.1 Å². The zero-order valence-corrected chi connectivity index (χ0v) is 16.8. The van der Waals surface area contributed by atoms with E-state index in [9.17, 15) is 4.79 Å². The van der Waals surface area contributed by atoms with E-state index < -0.39 is 5.79 Å². The fraction of sp³-hybridized carbons (Fsp3) is 0.0741. The monoisotopic (exact) mass is 406 g/mol. The molecule has 0 amide bonds. The van der Waals surface area contributed by atoms with Crippen LogP contribution in [0.15, 0.2) is 91.0 Å². The highest BCUT2D eigenvalue weighted by Gasteiger charge is 2.50. The number of hydrogen-bond acceptors (Lipinski definition) is 4. The first-order valence-electron chi connectivity index (χ1n) is 10.1. The molecule has 6 rings (SSSR count). The summed E-state index contributed by atoms with van der Waals surface area (Å²) in [7, 11) is 1.65. The number of ketones is 1. The number of benzene rings is 4. The van der Waals surface area contributed by atoms with Gasteiger partial charge in [-0.2, -0.15) is 0 Å². The average Bonchev–Trinajstić information content (AvgIpc) is 2.82. The number of carbonyl (C=O) groups is 1. The molecule has 1 atom stereocenters. The quantitative estimate of drug-likeness (QED) is 0.425. The van der Waals surface area contributed by atoms with Crippen molar-refractivity contribution in [2.75, 3.05) is 7.11 Å². The number of hydrogen-bond donors (Lipinski definition) is 0. The molecule has 4 nitrogen and oxygen atoms in total. The number of allylic oxidation sites excluding steroid dienone is 1. The van der Waals surface area contributed by atoms with Crippen LogP contribution in [0.3, 0.4) is 0 Å². The van der Waals surface area contributed by atoms with Crippen molar-refractivity contribution in [3.05, 3.63) is 108 Å². The fourth-order valence-electron chi connectivity index (χ4n) is 4.54. The third-order valence-electron chi connectivity index (χ3n) is 5.91. The van der Waals surface area contributed by atoms with Gasteiger partial charge in [0.2, 0.25) is 0 Å². The summed E-state index contributed by atoms with van der Waals surface area (Å²) in [5.41, 5.74) is 2.82. The Hall–Kier alpha value is -4.05. The molecule has 4 aromatic carbocycles. The molecule has 0 aromatic heterocycles. The van der Waals surface area contributed by atoms with E-state index in [1.807, 2.05) is 84.9 Å². The predicted molar refractivity (Wildman–Crippen MR) is 119 cm³/mol. The van der Waals surface area contributed by atoms with Gasteiger partial charge < -0.3 is 14.2 Å². The molecule has 0 saturated heterocycles. The zero-order chi connectivity index (χ0) is 21.0. The smallest absolute Gasteiger partial charge is 0.306 e. The Labute approximate surface area is 179 Å². The summed E-state index contributed by atoms with van der Waals surface area (Å²) in [6.07, 6.45) is 1.63. The molecule has 1 unspecified atom stereocenters. The van der Waals surface area contributed by atoms with E-state index in [0.717, 1.165) is 22.1 Å². The maximum absolute atomic E-state index is 13.0. The van der Waals surface area contributed by atoms with E-state index in [1.165, 1.54) is 0 Å². The maximum Gasteiger partial charge on any atom is 0.306 e. The van der Waals surface area contributed by atoms with Crippen molar-refractivity contribution in [3.63, 3.8) is 0 Å². The topological polar surface area (TPSA) is 44.8 Å². The highest BCUT2D eigenvalue weighted by molar-refractivity contribution is 6.13. The van der Waals surface area contributed by atoms with Crippen molar-refractivity contribution in [2.45, 2.75) is 5.79 Å².